The summed E-state index contributed by atoms with van der Waals surface area (Å²) in [6.45, 7) is 4.20. The standard InChI is InChI=1S/C21H24F2N2O2/c1-3-19(21(27)24-4-2)25(14-15-9-11-17(22)12-10-15)20(26)13-16-7-5-6-8-18(16)23/h5-12,19H,3-4,13-14H2,1-2H3,(H,24,27)/t19-/m0/s1. The minimum atomic E-state index is -0.686. The number of carbonyl (C=O) groups excluding carboxylic acids is 2. The molecule has 0 saturated carbocycles. The van der Waals surface area contributed by atoms with Crippen molar-refractivity contribution in [2.75, 3.05) is 6.54 Å². The largest absolute Gasteiger partial charge is 0.355 e. The first-order valence-corrected chi connectivity index (χ1v) is 9.01. The summed E-state index contributed by atoms with van der Waals surface area (Å²) < 4.78 is 27.1. The molecule has 0 unspecified atom stereocenters. The quantitative estimate of drug-likeness (QED) is 0.769. The Kier molecular flexibility index (Phi) is 7.46. The predicted octanol–water partition coefficient (Wildman–Crippen LogP) is 3.45. The SMILES string of the molecule is CCNC(=O)[C@H](CC)N(Cc1ccc(F)cc1)C(=O)Cc1ccccc1F. The van der Waals surface area contributed by atoms with Crippen molar-refractivity contribution in [3.63, 3.8) is 0 Å². The fourth-order valence-electron chi connectivity index (χ4n) is 2.90. The van der Waals surface area contributed by atoms with Crippen molar-refractivity contribution in [1.29, 1.82) is 0 Å². The zero-order valence-electron chi connectivity index (χ0n) is 15.5. The number of hydrogen-bond donors (Lipinski definition) is 1. The Morgan fingerprint density at radius 2 is 1.70 bits per heavy atom. The van der Waals surface area contributed by atoms with Crippen LogP contribution in [0.15, 0.2) is 48.5 Å². The van der Waals surface area contributed by atoms with Crippen molar-refractivity contribution in [1.82, 2.24) is 10.2 Å². The summed E-state index contributed by atoms with van der Waals surface area (Å²) in [5.41, 5.74) is 0.971. The van der Waals surface area contributed by atoms with Crippen LogP contribution in [0.25, 0.3) is 0 Å². The van der Waals surface area contributed by atoms with Crippen LogP contribution in [0.1, 0.15) is 31.4 Å². The zero-order valence-corrected chi connectivity index (χ0v) is 15.5. The van der Waals surface area contributed by atoms with Crippen LogP contribution in [0.4, 0.5) is 8.78 Å². The van der Waals surface area contributed by atoms with Crippen molar-refractivity contribution < 1.29 is 18.4 Å². The molecule has 0 aliphatic rings. The zero-order chi connectivity index (χ0) is 19.8. The lowest BCUT2D eigenvalue weighted by Crippen LogP contribution is -2.49. The molecule has 27 heavy (non-hydrogen) atoms. The summed E-state index contributed by atoms with van der Waals surface area (Å²) in [6.07, 6.45) is 0.264. The molecule has 2 aromatic rings. The van der Waals surface area contributed by atoms with Gasteiger partial charge in [0.1, 0.15) is 17.7 Å². The van der Waals surface area contributed by atoms with E-state index in [4.69, 9.17) is 0 Å². The molecule has 4 nitrogen and oxygen atoms in total. The van der Waals surface area contributed by atoms with Gasteiger partial charge < -0.3 is 10.2 Å². The van der Waals surface area contributed by atoms with E-state index >= 15 is 0 Å². The summed E-state index contributed by atoms with van der Waals surface area (Å²) in [7, 11) is 0. The molecule has 0 saturated heterocycles. The number of nitrogens with zero attached hydrogens (tertiary/aromatic N) is 1. The van der Waals surface area contributed by atoms with Crippen molar-refractivity contribution in [2.45, 2.75) is 39.3 Å². The highest BCUT2D eigenvalue weighted by atomic mass is 19.1. The number of nitrogens with one attached hydrogen (secondary N) is 1. The Morgan fingerprint density at radius 3 is 2.30 bits per heavy atom. The fraction of sp³-hybridized carbons (Fsp3) is 0.333. The van der Waals surface area contributed by atoms with Gasteiger partial charge in [0, 0.05) is 13.1 Å². The second-order valence-electron chi connectivity index (χ2n) is 6.23. The highest BCUT2D eigenvalue weighted by molar-refractivity contribution is 5.88. The van der Waals surface area contributed by atoms with Gasteiger partial charge in [0.25, 0.3) is 0 Å². The Balaban J connectivity index is 2.29. The summed E-state index contributed by atoms with van der Waals surface area (Å²) in [4.78, 5) is 26.8. The number of likely N-dealkylation sites (N-methyl/N-ethyl adjacent to an activating group) is 1. The van der Waals surface area contributed by atoms with E-state index < -0.39 is 11.9 Å². The van der Waals surface area contributed by atoms with Gasteiger partial charge in [0.2, 0.25) is 11.8 Å². The maximum atomic E-state index is 14.0. The maximum absolute atomic E-state index is 14.0. The van der Waals surface area contributed by atoms with E-state index in [9.17, 15) is 18.4 Å². The molecule has 0 spiro atoms. The van der Waals surface area contributed by atoms with Crippen molar-refractivity contribution in [2.24, 2.45) is 0 Å². The van der Waals surface area contributed by atoms with E-state index in [1.807, 2.05) is 6.92 Å². The third kappa shape index (κ3) is 5.61. The summed E-state index contributed by atoms with van der Waals surface area (Å²) >= 11 is 0. The number of halogens is 2. The van der Waals surface area contributed by atoms with Gasteiger partial charge in [0.15, 0.2) is 0 Å². The van der Waals surface area contributed by atoms with Crippen LogP contribution in [0.3, 0.4) is 0 Å². The van der Waals surface area contributed by atoms with E-state index in [0.717, 1.165) is 0 Å². The molecule has 2 amide bonds. The molecular weight excluding hydrogens is 350 g/mol. The van der Waals surface area contributed by atoms with Crippen LogP contribution in [-0.4, -0.2) is 29.3 Å². The van der Waals surface area contributed by atoms with Crippen LogP contribution in [-0.2, 0) is 22.6 Å². The average Bonchev–Trinajstić information content (AvgIpc) is 2.65. The molecule has 1 N–H and O–H groups in total. The van der Waals surface area contributed by atoms with Gasteiger partial charge in [-0.15, -0.1) is 0 Å². The first-order valence-electron chi connectivity index (χ1n) is 9.01. The average molecular weight is 374 g/mol. The normalized spacial score (nSPS) is 11.7. The number of carbonyl (C=O) groups is 2. The second-order valence-corrected chi connectivity index (χ2v) is 6.23. The van der Waals surface area contributed by atoms with Crippen molar-refractivity contribution in [3.05, 3.63) is 71.3 Å². The minimum absolute atomic E-state index is 0.142. The Hall–Kier alpha value is -2.76. The Labute approximate surface area is 158 Å². The van der Waals surface area contributed by atoms with Crippen molar-refractivity contribution in [3.8, 4) is 0 Å². The van der Waals surface area contributed by atoms with Crippen LogP contribution in [0.2, 0.25) is 0 Å². The molecule has 1 atom stereocenters. The lowest BCUT2D eigenvalue weighted by molar-refractivity contribution is -0.140. The highest BCUT2D eigenvalue weighted by Gasteiger charge is 2.28. The van der Waals surface area contributed by atoms with Gasteiger partial charge in [-0.2, -0.15) is 0 Å². The summed E-state index contributed by atoms with van der Waals surface area (Å²) in [6, 6.07) is 11.1. The molecule has 2 aromatic carbocycles. The van der Waals surface area contributed by atoms with Gasteiger partial charge >= 0.3 is 0 Å². The Morgan fingerprint density at radius 1 is 1.04 bits per heavy atom. The van der Waals surface area contributed by atoms with E-state index in [1.165, 1.54) is 23.1 Å². The third-order valence-corrected chi connectivity index (χ3v) is 4.30. The first-order chi connectivity index (χ1) is 13.0. The van der Waals surface area contributed by atoms with Crippen LogP contribution >= 0.6 is 0 Å². The minimum Gasteiger partial charge on any atom is -0.355 e. The van der Waals surface area contributed by atoms with E-state index in [1.54, 1.807) is 37.3 Å². The van der Waals surface area contributed by atoms with Crippen LogP contribution in [0.5, 0.6) is 0 Å². The third-order valence-electron chi connectivity index (χ3n) is 4.30. The summed E-state index contributed by atoms with van der Waals surface area (Å²) in [5.74, 6) is -1.45. The molecule has 0 radical (unpaired) electrons. The van der Waals surface area contributed by atoms with Gasteiger partial charge in [-0.05, 0) is 42.7 Å². The molecule has 0 fully saturated rings. The van der Waals surface area contributed by atoms with Gasteiger partial charge in [-0.1, -0.05) is 37.3 Å². The highest BCUT2D eigenvalue weighted by Crippen LogP contribution is 2.16. The molecular formula is C21H24F2N2O2. The molecule has 0 aliphatic heterocycles. The maximum Gasteiger partial charge on any atom is 0.242 e. The van der Waals surface area contributed by atoms with Gasteiger partial charge in [0.05, 0.1) is 6.42 Å². The lowest BCUT2D eigenvalue weighted by atomic mass is 10.1. The van der Waals surface area contributed by atoms with E-state index in [2.05, 4.69) is 5.32 Å². The molecule has 0 heterocycles. The lowest BCUT2D eigenvalue weighted by Gasteiger charge is -2.30. The fourth-order valence-corrected chi connectivity index (χ4v) is 2.90. The first kappa shape index (κ1) is 20.6. The number of amides is 2. The Bertz CT molecular complexity index is 778. The molecule has 6 heteroatoms. The van der Waals surface area contributed by atoms with Crippen molar-refractivity contribution >= 4 is 11.8 Å². The van der Waals surface area contributed by atoms with Gasteiger partial charge in [-0.3, -0.25) is 9.59 Å². The number of rotatable bonds is 8. The smallest absolute Gasteiger partial charge is 0.242 e. The number of benzene rings is 2. The van der Waals surface area contributed by atoms with Crippen LogP contribution < -0.4 is 5.32 Å². The van der Waals surface area contributed by atoms with Gasteiger partial charge in [-0.25, -0.2) is 8.78 Å². The molecule has 0 aromatic heterocycles. The second kappa shape index (κ2) is 9.80. The van der Waals surface area contributed by atoms with E-state index in [0.29, 0.717) is 18.5 Å². The number of hydrogen-bond acceptors (Lipinski definition) is 2. The summed E-state index contributed by atoms with van der Waals surface area (Å²) in [5, 5.41) is 2.74. The van der Waals surface area contributed by atoms with E-state index in [-0.39, 0.29) is 36.2 Å². The predicted molar refractivity (Wildman–Crippen MR) is 99.8 cm³/mol. The molecule has 144 valence electrons. The molecule has 2 rings (SSSR count). The van der Waals surface area contributed by atoms with Crippen LogP contribution in [0, 0.1) is 11.6 Å². The monoisotopic (exact) mass is 374 g/mol. The molecule has 0 bridgehead atoms. The molecule has 0 aliphatic carbocycles. The topological polar surface area (TPSA) is 49.4 Å².